The van der Waals surface area contributed by atoms with E-state index in [0.29, 0.717) is 6.10 Å². The molecule has 1 fully saturated rings. The molecule has 1 saturated heterocycles. The molecule has 1 aliphatic rings. The normalized spacial score (nSPS) is 21.4. The molecule has 1 aromatic carbocycles. The lowest BCUT2D eigenvalue weighted by Crippen LogP contribution is -2.14. The van der Waals surface area contributed by atoms with Crippen molar-refractivity contribution in [1.29, 1.82) is 0 Å². The molecule has 0 radical (unpaired) electrons. The Bertz CT molecular complexity index is 356. The minimum absolute atomic E-state index is 0.0145. The van der Waals surface area contributed by atoms with Gasteiger partial charge in [0.2, 0.25) is 0 Å². The Labute approximate surface area is 97.4 Å². The third-order valence-corrected chi connectivity index (χ3v) is 3.15. The van der Waals surface area contributed by atoms with E-state index in [4.69, 9.17) is 4.74 Å². The molecule has 1 nitrogen and oxygen atoms in total. The van der Waals surface area contributed by atoms with Crippen LogP contribution in [-0.4, -0.2) is 11.7 Å². The number of epoxide rings is 1. The minimum atomic E-state index is -0.0145. The summed E-state index contributed by atoms with van der Waals surface area (Å²) in [4.78, 5) is 0. The highest BCUT2D eigenvalue weighted by atomic mass is 16.6. The Morgan fingerprint density at radius 2 is 1.75 bits per heavy atom. The van der Waals surface area contributed by atoms with Gasteiger partial charge in [-0.3, -0.25) is 0 Å². The van der Waals surface area contributed by atoms with Gasteiger partial charge < -0.3 is 4.74 Å². The van der Waals surface area contributed by atoms with Crippen LogP contribution in [0.25, 0.3) is 0 Å². The van der Waals surface area contributed by atoms with E-state index >= 15 is 0 Å². The molecule has 0 spiro atoms. The van der Waals surface area contributed by atoms with Gasteiger partial charge in [0.1, 0.15) is 5.60 Å². The van der Waals surface area contributed by atoms with Gasteiger partial charge in [0, 0.05) is 6.42 Å². The number of ether oxygens (including phenoxy) is 1. The summed E-state index contributed by atoms with van der Waals surface area (Å²) in [5.74, 6) is 0. The molecule has 0 aliphatic carbocycles. The molecule has 0 N–H and O–H groups in total. The van der Waals surface area contributed by atoms with Crippen molar-refractivity contribution in [2.75, 3.05) is 0 Å². The second-order valence-corrected chi connectivity index (χ2v) is 4.35. The Balaban J connectivity index is 1.98. The topological polar surface area (TPSA) is 12.5 Å². The Hall–Kier alpha value is -1.34. The minimum Gasteiger partial charge on any atom is -0.365 e. The summed E-state index contributed by atoms with van der Waals surface area (Å²) in [6.45, 7) is 7.59. The fourth-order valence-corrected chi connectivity index (χ4v) is 2.24. The maximum atomic E-state index is 5.85. The van der Waals surface area contributed by atoms with Crippen LogP contribution in [-0.2, 0) is 11.2 Å². The fraction of sp³-hybridized carbons (Fsp3) is 0.333. The van der Waals surface area contributed by atoms with E-state index in [9.17, 15) is 0 Å². The fourth-order valence-electron chi connectivity index (χ4n) is 2.24. The third kappa shape index (κ3) is 2.25. The molecule has 16 heavy (non-hydrogen) atoms. The van der Waals surface area contributed by atoms with Crippen LogP contribution in [0.1, 0.15) is 18.4 Å². The van der Waals surface area contributed by atoms with Gasteiger partial charge in [0.05, 0.1) is 6.10 Å². The van der Waals surface area contributed by atoms with Gasteiger partial charge in [-0.05, 0) is 18.4 Å². The second kappa shape index (κ2) is 4.67. The van der Waals surface area contributed by atoms with Crippen LogP contribution in [0.5, 0.6) is 0 Å². The average Bonchev–Trinajstić information content (AvgIpc) is 2.93. The lowest BCUT2D eigenvalue weighted by Gasteiger charge is -2.07. The van der Waals surface area contributed by atoms with Crippen molar-refractivity contribution in [1.82, 2.24) is 0 Å². The number of benzene rings is 1. The first kappa shape index (κ1) is 11.2. The zero-order valence-corrected chi connectivity index (χ0v) is 9.56. The van der Waals surface area contributed by atoms with Crippen LogP contribution in [0.2, 0.25) is 0 Å². The van der Waals surface area contributed by atoms with Gasteiger partial charge in [-0.2, -0.15) is 0 Å². The van der Waals surface area contributed by atoms with Gasteiger partial charge >= 0.3 is 0 Å². The van der Waals surface area contributed by atoms with E-state index in [1.807, 2.05) is 18.2 Å². The van der Waals surface area contributed by atoms with Crippen molar-refractivity contribution in [3.63, 3.8) is 0 Å². The Morgan fingerprint density at radius 1 is 1.12 bits per heavy atom. The molecule has 2 rings (SSSR count). The van der Waals surface area contributed by atoms with Gasteiger partial charge in [0.25, 0.3) is 0 Å². The molecule has 0 aromatic heterocycles. The Morgan fingerprint density at radius 3 is 2.31 bits per heavy atom. The Kier molecular flexibility index (Phi) is 3.25. The summed E-state index contributed by atoms with van der Waals surface area (Å²) in [5, 5.41) is 0. The first-order valence-electron chi connectivity index (χ1n) is 5.74. The van der Waals surface area contributed by atoms with Crippen molar-refractivity contribution < 1.29 is 4.74 Å². The maximum absolute atomic E-state index is 5.85. The van der Waals surface area contributed by atoms with Crippen LogP contribution in [0.4, 0.5) is 0 Å². The summed E-state index contributed by atoms with van der Waals surface area (Å²) in [7, 11) is 0. The standard InChI is InChI=1S/C15H18O/c1-3-10-15(11-4-2)14(16-15)12-13-8-6-5-7-9-13/h3-9,14H,1-2,10-12H2. The average molecular weight is 214 g/mol. The van der Waals surface area contributed by atoms with E-state index < -0.39 is 0 Å². The van der Waals surface area contributed by atoms with Gasteiger partial charge in [-0.15, -0.1) is 13.2 Å². The number of rotatable bonds is 6. The molecule has 1 heteroatoms. The van der Waals surface area contributed by atoms with Crippen molar-refractivity contribution in [3.8, 4) is 0 Å². The van der Waals surface area contributed by atoms with E-state index in [-0.39, 0.29) is 5.60 Å². The molecule has 84 valence electrons. The van der Waals surface area contributed by atoms with Crippen molar-refractivity contribution >= 4 is 0 Å². The number of hydrogen-bond donors (Lipinski definition) is 0. The first-order valence-corrected chi connectivity index (χ1v) is 5.74. The smallest absolute Gasteiger partial charge is 0.102 e. The maximum Gasteiger partial charge on any atom is 0.102 e. The molecule has 0 bridgehead atoms. The van der Waals surface area contributed by atoms with E-state index in [0.717, 1.165) is 19.3 Å². The molecular formula is C15H18O. The quantitative estimate of drug-likeness (QED) is 0.521. The molecule has 1 heterocycles. The van der Waals surface area contributed by atoms with E-state index in [1.165, 1.54) is 5.56 Å². The van der Waals surface area contributed by atoms with Gasteiger partial charge in [-0.25, -0.2) is 0 Å². The van der Waals surface area contributed by atoms with Gasteiger partial charge in [-0.1, -0.05) is 42.5 Å². The molecular weight excluding hydrogens is 196 g/mol. The molecule has 0 saturated carbocycles. The van der Waals surface area contributed by atoms with Crippen LogP contribution < -0.4 is 0 Å². The third-order valence-electron chi connectivity index (χ3n) is 3.15. The molecule has 1 aromatic rings. The van der Waals surface area contributed by atoms with Crippen LogP contribution in [0, 0.1) is 0 Å². The number of hydrogen-bond acceptors (Lipinski definition) is 1. The molecule has 1 aliphatic heterocycles. The zero-order valence-electron chi connectivity index (χ0n) is 9.56. The van der Waals surface area contributed by atoms with E-state index in [2.05, 4.69) is 37.4 Å². The summed E-state index contributed by atoms with van der Waals surface area (Å²) in [5.41, 5.74) is 1.32. The van der Waals surface area contributed by atoms with Gasteiger partial charge in [0.15, 0.2) is 0 Å². The zero-order chi connectivity index (χ0) is 11.4. The lowest BCUT2D eigenvalue weighted by molar-refractivity contribution is 0.295. The van der Waals surface area contributed by atoms with Crippen molar-refractivity contribution in [3.05, 3.63) is 61.2 Å². The predicted octanol–water partition coefficient (Wildman–Crippen LogP) is 3.52. The monoisotopic (exact) mass is 214 g/mol. The summed E-state index contributed by atoms with van der Waals surface area (Å²) < 4.78 is 5.85. The van der Waals surface area contributed by atoms with E-state index in [1.54, 1.807) is 0 Å². The highest BCUT2D eigenvalue weighted by molar-refractivity contribution is 5.20. The summed E-state index contributed by atoms with van der Waals surface area (Å²) >= 11 is 0. The molecule has 1 unspecified atom stereocenters. The van der Waals surface area contributed by atoms with Crippen LogP contribution in [0.3, 0.4) is 0 Å². The first-order chi connectivity index (χ1) is 7.80. The highest BCUT2D eigenvalue weighted by Gasteiger charge is 2.53. The van der Waals surface area contributed by atoms with Crippen LogP contribution in [0.15, 0.2) is 55.6 Å². The highest BCUT2D eigenvalue weighted by Crippen LogP contribution is 2.45. The lowest BCUT2D eigenvalue weighted by atomic mass is 9.93. The van der Waals surface area contributed by atoms with Crippen molar-refractivity contribution in [2.24, 2.45) is 0 Å². The van der Waals surface area contributed by atoms with Crippen LogP contribution >= 0.6 is 0 Å². The SMILES string of the molecule is C=CCC1(CC=C)OC1Cc1ccccc1. The summed E-state index contributed by atoms with van der Waals surface area (Å²) in [6.07, 6.45) is 7.02. The molecule has 0 amide bonds. The summed E-state index contributed by atoms with van der Waals surface area (Å²) in [6, 6.07) is 10.5. The van der Waals surface area contributed by atoms with Crippen molar-refractivity contribution in [2.45, 2.75) is 31.0 Å². The predicted molar refractivity (Wildman–Crippen MR) is 67.4 cm³/mol. The molecule has 1 atom stereocenters. The second-order valence-electron chi connectivity index (χ2n) is 4.35. The largest absolute Gasteiger partial charge is 0.365 e.